The van der Waals surface area contributed by atoms with Gasteiger partial charge in [-0.05, 0) is 12.5 Å². The van der Waals surface area contributed by atoms with Crippen LogP contribution in [-0.2, 0) is 0 Å². The Hall–Kier alpha value is -3.18. The van der Waals surface area contributed by atoms with Crippen molar-refractivity contribution in [2.24, 2.45) is 11.7 Å². The van der Waals surface area contributed by atoms with Gasteiger partial charge in [-0.1, -0.05) is 0 Å². The fourth-order valence-electron chi connectivity index (χ4n) is 2.05. The number of carboxylic acid groups (broad SMARTS) is 2. The van der Waals surface area contributed by atoms with E-state index in [-0.39, 0.29) is 5.56 Å². The van der Waals surface area contributed by atoms with E-state index >= 15 is 0 Å². The number of benzene rings is 1. The fourth-order valence-corrected chi connectivity index (χ4v) is 2.05. The van der Waals surface area contributed by atoms with Gasteiger partial charge < -0.3 is 15.9 Å². The number of carboxylic acids is 2. The standard InChI is InChI=1S/C11H13N5O6/c1-2-3(8(17)15-13)5(9(18)16-14)7(12)6(11(21)22)4(2)10(19)20/h12-14H2,1H3,(H,15,17)(H,16,18)(H,19,20)(H,21,22). The smallest absolute Gasteiger partial charge is 0.338 e. The molecule has 0 saturated heterocycles. The molecule has 10 N–H and O–H groups in total. The van der Waals surface area contributed by atoms with Crippen LogP contribution in [0.15, 0.2) is 0 Å². The number of anilines is 1. The fraction of sp³-hybridized carbons (Fsp3) is 0.0909. The highest BCUT2D eigenvalue weighted by molar-refractivity contribution is 6.18. The van der Waals surface area contributed by atoms with Gasteiger partial charge in [-0.3, -0.25) is 20.4 Å². The Morgan fingerprint density at radius 1 is 0.818 bits per heavy atom. The molecule has 0 aromatic heterocycles. The molecule has 0 fully saturated rings. The van der Waals surface area contributed by atoms with E-state index in [0.29, 0.717) is 0 Å². The highest BCUT2D eigenvalue weighted by Gasteiger charge is 2.32. The molecule has 118 valence electrons. The molecular formula is C11H13N5O6. The number of nitrogen functional groups attached to an aromatic ring is 3. The van der Waals surface area contributed by atoms with Gasteiger partial charge >= 0.3 is 11.9 Å². The summed E-state index contributed by atoms with van der Waals surface area (Å²) in [6, 6.07) is 0. The lowest BCUT2D eigenvalue weighted by Gasteiger charge is -2.18. The van der Waals surface area contributed by atoms with Crippen LogP contribution in [0.4, 0.5) is 5.69 Å². The van der Waals surface area contributed by atoms with Gasteiger partial charge in [0, 0.05) is 0 Å². The molecule has 11 heteroatoms. The first-order chi connectivity index (χ1) is 10.2. The molecule has 22 heavy (non-hydrogen) atoms. The molecule has 1 aromatic carbocycles. The van der Waals surface area contributed by atoms with Crippen molar-refractivity contribution in [2.45, 2.75) is 6.92 Å². The van der Waals surface area contributed by atoms with Crippen LogP contribution in [-0.4, -0.2) is 34.0 Å². The summed E-state index contributed by atoms with van der Waals surface area (Å²) in [7, 11) is 0. The van der Waals surface area contributed by atoms with E-state index in [2.05, 4.69) is 0 Å². The predicted octanol–water partition coefficient (Wildman–Crippen LogP) is -1.82. The zero-order valence-corrected chi connectivity index (χ0v) is 11.3. The van der Waals surface area contributed by atoms with Gasteiger partial charge in [0.25, 0.3) is 11.8 Å². The van der Waals surface area contributed by atoms with Crippen LogP contribution in [0.5, 0.6) is 0 Å². The molecule has 1 aromatic rings. The van der Waals surface area contributed by atoms with E-state index in [4.69, 9.17) is 22.5 Å². The minimum Gasteiger partial charge on any atom is -0.478 e. The van der Waals surface area contributed by atoms with E-state index < -0.39 is 51.7 Å². The second-order valence-electron chi connectivity index (χ2n) is 4.10. The number of amides is 2. The summed E-state index contributed by atoms with van der Waals surface area (Å²) in [4.78, 5) is 46.2. The highest BCUT2D eigenvalue weighted by Crippen LogP contribution is 2.30. The zero-order valence-electron chi connectivity index (χ0n) is 11.3. The topological polar surface area (TPSA) is 211 Å². The summed E-state index contributed by atoms with van der Waals surface area (Å²) >= 11 is 0. The van der Waals surface area contributed by atoms with Crippen molar-refractivity contribution in [3.63, 3.8) is 0 Å². The summed E-state index contributed by atoms with van der Waals surface area (Å²) in [5.41, 5.74) is 5.40. The van der Waals surface area contributed by atoms with Gasteiger partial charge in [-0.15, -0.1) is 0 Å². The van der Waals surface area contributed by atoms with Crippen molar-refractivity contribution in [3.05, 3.63) is 27.8 Å². The van der Waals surface area contributed by atoms with E-state index in [1.165, 1.54) is 0 Å². The number of rotatable bonds is 4. The number of nitrogens with one attached hydrogen (secondary N) is 2. The molecule has 0 aliphatic carbocycles. The molecule has 0 spiro atoms. The lowest BCUT2D eigenvalue weighted by Crippen LogP contribution is -2.37. The number of carbonyl (C=O) groups excluding carboxylic acids is 2. The molecule has 11 nitrogen and oxygen atoms in total. The van der Waals surface area contributed by atoms with Gasteiger partial charge in [0.15, 0.2) is 0 Å². The number of hydrazine groups is 2. The van der Waals surface area contributed by atoms with Gasteiger partial charge in [0.2, 0.25) is 0 Å². The quantitative estimate of drug-likeness (QED) is 0.144. The van der Waals surface area contributed by atoms with E-state index in [0.717, 1.165) is 6.92 Å². The SMILES string of the molecule is Cc1c(C(=O)O)c(C(=O)O)c(N)c(C(=O)NN)c1C(=O)NN. The lowest BCUT2D eigenvalue weighted by atomic mass is 9.89. The molecule has 0 bridgehead atoms. The molecule has 1 rings (SSSR count). The first kappa shape index (κ1) is 16.9. The first-order valence-corrected chi connectivity index (χ1v) is 5.63. The average Bonchev–Trinajstić information content (AvgIpc) is 2.45. The summed E-state index contributed by atoms with van der Waals surface area (Å²) in [6.45, 7) is 1.15. The summed E-state index contributed by atoms with van der Waals surface area (Å²) in [5, 5.41) is 18.3. The molecule has 0 heterocycles. The monoisotopic (exact) mass is 311 g/mol. The second-order valence-corrected chi connectivity index (χ2v) is 4.10. The maximum absolute atomic E-state index is 11.8. The summed E-state index contributed by atoms with van der Waals surface area (Å²) in [6.07, 6.45) is 0. The molecule has 0 saturated carbocycles. The van der Waals surface area contributed by atoms with Crippen LogP contribution < -0.4 is 28.3 Å². The van der Waals surface area contributed by atoms with E-state index in [1.54, 1.807) is 10.9 Å². The van der Waals surface area contributed by atoms with Crippen LogP contribution in [0.1, 0.15) is 47.0 Å². The molecule has 2 amide bonds. The highest BCUT2D eigenvalue weighted by atomic mass is 16.4. The molecule has 0 radical (unpaired) electrons. The number of carbonyl (C=O) groups is 4. The third-order valence-electron chi connectivity index (χ3n) is 2.93. The molecule has 0 aliphatic heterocycles. The van der Waals surface area contributed by atoms with E-state index in [9.17, 15) is 24.3 Å². The summed E-state index contributed by atoms with van der Waals surface area (Å²) in [5.74, 6) is 4.56. The Morgan fingerprint density at radius 3 is 1.59 bits per heavy atom. The van der Waals surface area contributed by atoms with Crippen molar-refractivity contribution in [3.8, 4) is 0 Å². The van der Waals surface area contributed by atoms with E-state index in [1.807, 2.05) is 0 Å². The van der Waals surface area contributed by atoms with Gasteiger partial charge in [0.05, 0.1) is 27.9 Å². The normalized spacial score (nSPS) is 9.95. The van der Waals surface area contributed by atoms with Crippen LogP contribution in [0.25, 0.3) is 0 Å². The van der Waals surface area contributed by atoms with Crippen molar-refractivity contribution in [1.29, 1.82) is 0 Å². The number of nitrogens with two attached hydrogens (primary N) is 3. The van der Waals surface area contributed by atoms with Gasteiger partial charge in [0.1, 0.15) is 0 Å². The Labute approximate surface area is 123 Å². The Morgan fingerprint density at radius 2 is 1.23 bits per heavy atom. The number of hydrogen-bond acceptors (Lipinski definition) is 7. The minimum absolute atomic E-state index is 0.291. The van der Waals surface area contributed by atoms with Crippen LogP contribution in [0, 0.1) is 6.92 Å². The maximum atomic E-state index is 11.8. The van der Waals surface area contributed by atoms with Crippen LogP contribution in [0.3, 0.4) is 0 Å². The maximum Gasteiger partial charge on any atom is 0.338 e. The molecule has 0 atom stereocenters. The molecular weight excluding hydrogens is 298 g/mol. The van der Waals surface area contributed by atoms with Crippen molar-refractivity contribution in [1.82, 2.24) is 10.9 Å². The second kappa shape index (κ2) is 6.07. The third kappa shape index (κ3) is 2.53. The number of hydrogen-bond donors (Lipinski definition) is 7. The van der Waals surface area contributed by atoms with Crippen LogP contribution in [0.2, 0.25) is 0 Å². The lowest BCUT2D eigenvalue weighted by molar-refractivity contribution is 0.0651. The Balaban J connectivity index is 4.07. The number of aromatic carboxylic acids is 2. The average molecular weight is 311 g/mol. The van der Waals surface area contributed by atoms with Gasteiger partial charge in [-0.25, -0.2) is 21.3 Å². The minimum atomic E-state index is -1.68. The first-order valence-electron chi connectivity index (χ1n) is 5.63. The molecule has 0 unspecified atom stereocenters. The van der Waals surface area contributed by atoms with Crippen molar-refractivity contribution in [2.75, 3.05) is 5.73 Å². The van der Waals surface area contributed by atoms with Crippen molar-refractivity contribution >= 4 is 29.4 Å². The zero-order chi connectivity index (χ0) is 17.2. The predicted molar refractivity (Wildman–Crippen MR) is 72.8 cm³/mol. The van der Waals surface area contributed by atoms with Crippen molar-refractivity contribution < 1.29 is 29.4 Å². The van der Waals surface area contributed by atoms with Gasteiger partial charge in [-0.2, -0.15) is 0 Å². The Kier molecular flexibility index (Phi) is 4.66. The summed E-state index contributed by atoms with van der Waals surface area (Å²) < 4.78 is 0. The van der Waals surface area contributed by atoms with Crippen LogP contribution >= 0.6 is 0 Å². The largest absolute Gasteiger partial charge is 0.478 e. The Bertz CT molecular complexity index is 640. The molecule has 0 aliphatic rings. The third-order valence-corrected chi connectivity index (χ3v) is 2.93.